The highest BCUT2D eigenvalue weighted by atomic mass is 35.5. The van der Waals surface area contributed by atoms with E-state index in [2.05, 4.69) is 5.32 Å². The Labute approximate surface area is 118 Å². The van der Waals surface area contributed by atoms with Crippen LogP contribution < -0.4 is 10.1 Å². The van der Waals surface area contributed by atoms with Crippen LogP contribution in [0.1, 0.15) is 10.4 Å². The lowest BCUT2D eigenvalue weighted by Crippen LogP contribution is -2.22. The summed E-state index contributed by atoms with van der Waals surface area (Å²) in [6.07, 6.45) is -1.02. The number of carbonyl (C=O) groups is 2. The van der Waals surface area contributed by atoms with Crippen molar-refractivity contribution in [2.45, 2.75) is 6.10 Å². The van der Waals surface area contributed by atoms with Crippen molar-refractivity contribution in [3.05, 3.63) is 27.7 Å². The van der Waals surface area contributed by atoms with Crippen LogP contribution in [-0.4, -0.2) is 36.4 Å². The highest BCUT2D eigenvalue weighted by Gasteiger charge is 2.24. The third kappa shape index (κ3) is 3.21. The van der Waals surface area contributed by atoms with Crippen LogP contribution in [0.5, 0.6) is 5.75 Å². The van der Waals surface area contributed by atoms with E-state index in [4.69, 9.17) is 37.8 Å². The molecule has 0 radical (unpaired) electrons. The molecule has 2 N–H and O–H groups in total. The lowest BCUT2D eigenvalue weighted by molar-refractivity contribution is 0.0684. The van der Waals surface area contributed by atoms with Crippen molar-refractivity contribution in [2.75, 3.05) is 13.2 Å². The van der Waals surface area contributed by atoms with E-state index < -0.39 is 18.2 Å². The lowest BCUT2D eigenvalue weighted by Gasteiger charge is -2.13. The third-order valence-electron chi connectivity index (χ3n) is 2.40. The smallest absolute Gasteiger partial charge is 0.407 e. The van der Waals surface area contributed by atoms with Crippen LogP contribution >= 0.6 is 23.2 Å². The largest absolute Gasteiger partial charge is 0.487 e. The van der Waals surface area contributed by atoms with Gasteiger partial charge in [-0.15, -0.1) is 0 Å². The highest BCUT2D eigenvalue weighted by Crippen LogP contribution is 2.32. The van der Waals surface area contributed by atoms with Crippen LogP contribution in [-0.2, 0) is 4.74 Å². The Morgan fingerprint density at radius 3 is 2.84 bits per heavy atom. The molecule has 102 valence electrons. The second-order valence-electron chi connectivity index (χ2n) is 3.79. The number of cyclic esters (lactones) is 1. The van der Waals surface area contributed by atoms with Crippen molar-refractivity contribution in [3.8, 4) is 5.75 Å². The van der Waals surface area contributed by atoms with Crippen molar-refractivity contribution < 1.29 is 24.2 Å². The van der Waals surface area contributed by atoms with Gasteiger partial charge in [0.2, 0.25) is 0 Å². The van der Waals surface area contributed by atoms with Crippen LogP contribution in [0.2, 0.25) is 10.0 Å². The van der Waals surface area contributed by atoms with Crippen LogP contribution in [0.15, 0.2) is 12.1 Å². The second-order valence-corrected chi connectivity index (χ2v) is 4.63. The standard InChI is InChI=1S/C11H9Cl2NO5/c12-5-1-7(10(15)16)9(8(13)2-5)18-4-6-3-14-11(17)19-6/h1-2,6H,3-4H2,(H,14,17)(H,15,16). The van der Waals surface area contributed by atoms with Gasteiger partial charge in [-0.25, -0.2) is 9.59 Å². The number of carboxylic acids is 1. The molecule has 1 atom stereocenters. The van der Waals surface area contributed by atoms with Gasteiger partial charge in [0.25, 0.3) is 0 Å². The van der Waals surface area contributed by atoms with Gasteiger partial charge < -0.3 is 19.9 Å². The molecule has 1 aliphatic rings. The Kier molecular flexibility index (Phi) is 4.01. The number of benzene rings is 1. The van der Waals surface area contributed by atoms with E-state index in [9.17, 15) is 9.59 Å². The van der Waals surface area contributed by atoms with Crippen LogP contribution in [0.3, 0.4) is 0 Å². The van der Waals surface area contributed by atoms with Gasteiger partial charge in [0.1, 0.15) is 12.2 Å². The molecule has 8 heteroatoms. The summed E-state index contributed by atoms with van der Waals surface area (Å²) < 4.78 is 10.2. The van der Waals surface area contributed by atoms with E-state index in [-0.39, 0.29) is 28.0 Å². The summed E-state index contributed by atoms with van der Waals surface area (Å²) in [6, 6.07) is 2.62. The number of hydrogen-bond donors (Lipinski definition) is 2. The maximum Gasteiger partial charge on any atom is 0.407 e. The number of aromatic carboxylic acids is 1. The molecule has 2 rings (SSSR count). The van der Waals surface area contributed by atoms with Crippen LogP contribution in [0.4, 0.5) is 4.79 Å². The first-order chi connectivity index (χ1) is 8.97. The average Bonchev–Trinajstić information content (AvgIpc) is 2.73. The summed E-state index contributed by atoms with van der Waals surface area (Å²) in [5.74, 6) is -1.21. The number of nitrogens with one attached hydrogen (secondary N) is 1. The molecule has 0 saturated carbocycles. The normalized spacial score (nSPS) is 17.8. The number of carbonyl (C=O) groups excluding carboxylic acids is 1. The predicted octanol–water partition coefficient (Wildman–Crippen LogP) is 2.18. The zero-order valence-corrected chi connectivity index (χ0v) is 11.0. The summed E-state index contributed by atoms with van der Waals surface area (Å²) in [6.45, 7) is 0.298. The fraction of sp³-hybridized carbons (Fsp3) is 0.273. The maximum atomic E-state index is 11.1. The average molecular weight is 306 g/mol. The lowest BCUT2D eigenvalue weighted by atomic mass is 10.2. The molecule has 1 aromatic rings. The number of halogens is 2. The van der Waals surface area contributed by atoms with Gasteiger partial charge in [0.15, 0.2) is 11.9 Å². The van der Waals surface area contributed by atoms with Gasteiger partial charge in [-0.2, -0.15) is 0 Å². The molecular formula is C11H9Cl2NO5. The molecule has 1 aromatic carbocycles. The van der Waals surface area contributed by atoms with Gasteiger partial charge in [-0.3, -0.25) is 0 Å². The monoisotopic (exact) mass is 305 g/mol. The minimum atomic E-state index is -1.21. The minimum Gasteiger partial charge on any atom is -0.487 e. The quantitative estimate of drug-likeness (QED) is 0.890. The molecule has 1 aliphatic heterocycles. The Hall–Kier alpha value is -1.66. The van der Waals surface area contributed by atoms with Crippen molar-refractivity contribution in [3.63, 3.8) is 0 Å². The zero-order valence-electron chi connectivity index (χ0n) is 9.48. The first-order valence-corrected chi connectivity index (χ1v) is 6.02. The Morgan fingerprint density at radius 2 is 2.26 bits per heavy atom. The zero-order chi connectivity index (χ0) is 14.0. The molecular weight excluding hydrogens is 297 g/mol. The van der Waals surface area contributed by atoms with E-state index in [1.165, 1.54) is 12.1 Å². The number of carboxylic acid groups (broad SMARTS) is 1. The van der Waals surface area contributed by atoms with Crippen molar-refractivity contribution >= 4 is 35.3 Å². The molecule has 0 bridgehead atoms. The van der Waals surface area contributed by atoms with E-state index in [1.54, 1.807) is 0 Å². The summed E-state index contributed by atoms with van der Waals surface area (Å²) in [4.78, 5) is 21.9. The fourth-order valence-corrected chi connectivity index (χ4v) is 2.11. The highest BCUT2D eigenvalue weighted by molar-refractivity contribution is 6.36. The summed E-state index contributed by atoms with van der Waals surface area (Å²) in [5, 5.41) is 11.8. The SMILES string of the molecule is O=C1NCC(COc2c(Cl)cc(Cl)cc2C(=O)O)O1. The fourth-order valence-electron chi connectivity index (χ4n) is 1.57. The number of hydrogen-bond acceptors (Lipinski definition) is 4. The molecule has 19 heavy (non-hydrogen) atoms. The van der Waals surface area contributed by atoms with Crippen LogP contribution in [0.25, 0.3) is 0 Å². The van der Waals surface area contributed by atoms with E-state index >= 15 is 0 Å². The summed E-state index contributed by atoms with van der Waals surface area (Å²) >= 11 is 11.6. The third-order valence-corrected chi connectivity index (χ3v) is 2.90. The Morgan fingerprint density at radius 1 is 1.53 bits per heavy atom. The van der Waals surface area contributed by atoms with Gasteiger partial charge >= 0.3 is 12.1 Å². The van der Waals surface area contributed by atoms with Crippen molar-refractivity contribution in [1.29, 1.82) is 0 Å². The number of ether oxygens (including phenoxy) is 2. The molecule has 0 aliphatic carbocycles. The Bertz CT molecular complexity index is 534. The number of rotatable bonds is 4. The molecule has 1 unspecified atom stereocenters. The topological polar surface area (TPSA) is 84.9 Å². The number of amides is 1. The predicted molar refractivity (Wildman–Crippen MR) is 67.2 cm³/mol. The minimum absolute atomic E-state index is 0.000369. The first-order valence-electron chi connectivity index (χ1n) is 5.27. The molecule has 1 fully saturated rings. The number of alkyl carbamates (subject to hydrolysis) is 1. The molecule has 1 saturated heterocycles. The van der Waals surface area contributed by atoms with Gasteiger partial charge in [0, 0.05) is 5.02 Å². The van der Waals surface area contributed by atoms with E-state index in [1.807, 2.05) is 0 Å². The van der Waals surface area contributed by atoms with E-state index in [0.717, 1.165) is 0 Å². The van der Waals surface area contributed by atoms with Crippen molar-refractivity contribution in [1.82, 2.24) is 5.32 Å². The van der Waals surface area contributed by atoms with Gasteiger partial charge in [0.05, 0.1) is 11.6 Å². The molecule has 1 heterocycles. The summed E-state index contributed by atoms with van der Waals surface area (Å²) in [7, 11) is 0. The van der Waals surface area contributed by atoms with E-state index in [0.29, 0.717) is 6.54 Å². The molecule has 0 spiro atoms. The molecule has 6 nitrogen and oxygen atoms in total. The first kappa shape index (κ1) is 13.8. The van der Waals surface area contributed by atoms with Gasteiger partial charge in [-0.05, 0) is 12.1 Å². The summed E-state index contributed by atoms with van der Waals surface area (Å²) in [5.41, 5.74) is -0.144. The molecule has 1 amide bonds. The maximum absolute atomic E-state index is 11.1. The van der Waals surface area contributed by atoms with Crippen LogP contribution in [0, 0.1) is 0 Å². The molecule has 0 aromatic heterocycles. The van der Waals surface area contributed by atoms with Gasteiger partial charge in [-0.1, -0.05) is 23.2 Å². The van der Waals surface area contributed by atoms with Crippen molar-refractivity contribution in [2.24, 2.45) is 0 Å². The second kappa shape index (κ2) is 5.54. The Balaban J connectivity index is 2.15.